The topological polar surface area (TPSA) is 45.2 Å². The van der Waals surface area contributed by atoms with Gasteiger partial charge in [0.15, 0.2) is 0 Å². The fourth-order valence-corrected chi connectivity index (χ4v) is 2.85. The number of methoxy groups -OCH3 is 1. The summed E-state index contributed by atoms with van der Waals surface area (Å²) in [6.45, 7) is 0.163. The molecule has 3 nitrogen and oxygen atoms in total. The first-order valence-electron chi connectivity index (χ1n) is 7.14. The van der Waals surface area contributed by atoms with Gasteiger partial charge in [-0.3, -0.25) is 0 Å². The van der Waals surface area contributed by atoms with E-state index >= 15 is 0 Å². The van der Waals surface area contributed by atoms with E-state index < -0.39 is 0 Å². The lowest BCUT2D eigenvalue weighted by Crippen LogP contribution is -2.03. The number of benzene rings is 2. The van der Waals surface area contributed by atoms with Crippen molar-refractivity contribution in [1.29, 1.82) is 0 Å². The van der Waals surface area contributed by atoms with Crippen molar-refractivity contribution in [2.24, 2.45) is 0 Å². The van der Waals surface area contributed by atoms with Crippen molar-refractivity contribution < 1.29 is 9.84 Å². The van der Waals surface area contributed by atoms with E-state index in [2.05, 4.69) is 23.2 Å². The van der Waals surface area contributed by atoms with Crippen LogP contribution >= 0.6 is 0 Å². The van der Waals surface area contributed by atoms with Crippen LogP contribution in [0.5, 0.6) is 5.75 Å². The number of hydrogen-bond acceptors (Lipinski definition) is 2. The Morgan fingerprint density at radius 2 is 1.95 bits per heavy atom. The molecular formula is C18H19NO2. The molecule has 0 fully saturated rings. The van der Waals surface area contributed by atoms with Crippen LogP contribution in [0.3, 0.4) is 0 Å². The molecule has 0 spiro atoms. The van der Waals surface area contributed by atoms with Crippen molar-refractivity contribution in [3.05, 3.63) is 65.9 Å². The van der Waals surface area contributed by atoms with Crippen molar-refractivity contribution in [2.75, 3.05) is 13.7 Å². The lowest BCUT2D eigenvalue weighted by molar-refractivity contribution is 0.282. The van der Waals surface area contributed by atoms with Crippen LogP contribution in [-0.2, 0) is 0 Å². The number of rotatable bonds is 5. The molecule has 2 aromatic carbocycles. The van der Waals surface area contributed by atoms with E-state index in [0.29, 0.717) is 6.42 Å². The number of aromatic amines is 1. The molecule has 2 N–H and O–H groups in total. The zero-order valence-corrected chi connectivity index (χ0v) is 12.0. The van der Waals surface area contributed by atoms with Gasteiger partial charge in [-0.25, -0.2) is 0 Å². The van der Waals surface area contributed by atoms with Crippen LogP contribution in [0.4, 0.5) is 0 Å². The molecular weight excluding hydrogens is 262 g/mol. The molecule has 1 atom stereocenters. The summed E-state index contributed by atoms with van der Waals surface area (Å²) in [7, 11) is 1.68. The van der Waals surface area contributed by atoms with Gasteiger partial charge in [-0.1, -0.05) is 30.3 Å². The van der Waals surface area contributed by atoms with E-state index in [4.69, 9.17) is 4.74 Å². The molecule has 0 saturated heterocycles. The first-order chi connectivity index (χ1) is 10.3. The second kappa shape index (κ2) is 6.02. The summed E-state index contributed by atoms with van der Waals surface area (Å²) in [5.74, 6) is 1.02. The van der Waals surface area contributed by atoms with Gasteiger partial charge >= 0.3 is 0 Å². The summed E-state index contributed by atoms with van der Waals surface area (Å²) in [5, 5.41) is 10.6. The Hall–Kier alpha value is -2.26. The minimum absolute atomic E-state index is 0.163. The minimum atomic E-state index is 0.163. The molecule has 0 bridgehead atoms. The Morgan fingerprint density at radius 3 is 2.67 bits per heavy atom. The number of hydrogen-bond donors (Lipinski definition) is 2. The third-order valence-electron chi connectivity index (χ3n) is 3.92. The van der Waals surface area contributed by atoms with Crippen molar-refractivity contribution in [1.82, 2.24) is 4.98 Å². The average molecular weight is 281 g/mol. The van der Waals surface area contributed by atoms with Gasteiger partial charge < -0.3 is 14.8 Å². The summed E-state index contributed by atoms with van der Waals surface area (Å²) in [4.78, 5) is 3.31. The molecule has 3 aromatic rings. The third kappa shape index (κ3) is 2.65. The smallest absolute Gasteiger partial charge is 0.119 e. The van der Waals surface area contributed by atoms with Crippen molar-refractivity contribution in [3.63, 3.8) is 0 Å². The molecule has 0 unspecified atom stereocenters. The standard InChI is InChI=1S/C18H19NO2/c1-21-14-7-8-18-16(11-14)17(12-19-18)15(9-10-20)13-5-3-2-4-6-13/h2-8,11-12,15,19-20H,9-10H2,1H3/t15-/m0/s1. The lowest BCUT2D eigenvalue weighted by Gasteiger charge is -2.16. The zero-order valence-electron chi connectivity index (χ0n) is 12.0. The van der Waals surface area contributed by atoms with Crippen LogP contribution in [0, 0.1) is 0 Å². The number of ether oxygens (including phenoxy) is 1. The van der Waals surface area contributed by atoms with E-state index in [0.717, 1.165) is 16.7 Å². The number of aliphatic hydroxyl groups is 1. The average Bonchev–Trinajstić information content (AvgIpc) is 2.96. The molecule has 1 aromatic heterocycles. The molecule has 0 saturated carbocycles. The van der Waals surface area contributed by atoms with Gasteiger partial charge in [0.05, 0.1) is 7.11 Å². The van der Waals surface area contributed by atoms with Crippen molar-refractivity contribution in [3.8, 4) is 5.75 Å². The molecule has 1 heterocycles. The quantitative estimate of drug-likeness (QED) is 0.749. The highest BCUT2D eigenvalue weighted by atomic mass is 16.5. The number of H-pyrrole nitrogens is 1. The predicted molar refractivity (Wildman–Crippen MR) is 84.8 cm³/mol. The molecule has 3 rings (SSSR count). The highest BCUT2D eigenvalue weighted by Gasteiger charge is 2.17. The minimum Gasteiger partial charge on any atom is -0.497 e. The highest BCUT2D eigenvalue weighted by Crippen LogP contribution is 2.34. The number of aliphatic hydroxyl groups excluding tert-OH is 1. The Labute approximate surface area is 124 Å². The summed E-state index contributed by atoms with van der Waals surface area (Å²) in [6.07, 6.45) is 2.74. The second-order valence-corrected chi connectivity index (χ2v) is 5.13. The van der Waals surface area contributed by atoms with E-state index in [1.165, 1.54) is 11.1 Å². The maximum Gasteiger partial charge on any atom is 0.119 e. The zero-order chi connectivity index (χ0) is 14.7. The Kier molecular flexibility index (Phi) is 3.93. The molecule has 0 aliphatic heterocycles. The fourth-order valence-electron chi connectivity index (χ4n) is 2.85. The SMILES string of the molecule is COc1ccc2[nH]cc([C@@H](CCO)c3ccccc3)c2c1. The monoisotopic (exact) mass is 281 g/mol. The van der Waals surface area contributed by atoms with Crippen molar-refractivity contribution in [2.45, 2.75) is 12.3 Å². The normalized spacial score (nSPS) is 12.5. The summed E-state index contributed by atoms with van der Waals surface area (Å²) in [5.41, 5.74) is 3.50. The van der Waals surface area contributed by atoms with Gasteiger partial charge in [-0.05, 0) is 35.7 Å². The molecule has 0 aliphatic rings. The van der Waals surface area contributed by atoms with Gasteiger partial charge in [0.25, 0.3) is 0 Å². The summed E-state index contributed by atoms with van der Waals surface area (Å²) in [6, 6.07) is 16.3. The molecule has 3 heteroatoms. The molecule has 0 radical (unpaired) electrons. The van der Waals surface area contributed by atoms with E-state index in [1.807, 2.05) is 36.5 Å². The Bertz CT molecular complexity index is 718. The summed E-state index contributed by atoms with van der Waals surface area (Å²) < 4.78 is 5.33. The first-order valence-corrected chi connectivity index (χ1v) is 7.14. The van der Waals surface area contributed by atoms with E-state index in [1.54, 1.807) is 7.11 Å². The Morgan fingerprint density at radius 1 is 1.14 bits per heavy atom. The number of nitrogens with one attached hydrogen (secondary N) is 1. The predicted octanol–water partition coefficient (Wildman–Crippen LogP) is 3.69. The third-order valence-corrected chi connectivity index (χ3v) is 3.92. The second-order valence-electron chi connectivity index (χ2n) is 5.13. The van der Waals surface area contributed by atoms with Gasteiger partial charge in [-0.2, -0.15) is 0 Å². The number of aromatic nitrogens is 1. The van der Waals surface area contributed by atoms with Gasteiger partial charge in [0, 0.05) is 29.6 Å². The van der Waals surface area contributed by atoms with Crippen LogP contribution in [0.2, 0.25) is 0 Å². The molecule has 108 valence electrons. The highest BCUT2D eigenvalue weighted by molar-refractivity contribution is 5.85. The van der Waals surface area contributed by atoms with Crippen LogP contribution in [0.1, 0.15) is 23.5 Å². The summed E-state index contributed by atoms with van der Waals surface area (Å²) >= 11 is 0. The maximum atomic E-state index is 9.43. The van der Waals surface area contributed by atoms with Gasteiger partial charge in [-0.15, -0.1) is 0 Å². The van der Waals surface area contributed by atoms with E-state index in [-0.39, 0.29) is 12.5 Å². The van der Waals surface area contributed by atoms with Crippen molar-refractivity contribution >= 4 is 10.9 Å². The maximum absolute atomic E-state index is 9.43. The van der Waals surface area contributed by atoms with Crippen LogP contribution < -0.4 is 4.74 Å². The van der Waals surface area contributed by atoms with Crippen LogP contribution in [0.15, 0.2) is 54.7 Å². The lowest BCUT2D eigenvalue weighted by atomic mass is 9.88. The van der Waals surface area contributed by atoms with E-state index in [9.17, 15) is 5.11 Å². The largest absolute Gasteiger partial charge is 0.497 e. The molecule has 21 heavy (non-hydrogen) atoms. The van der Waals surface area contributed by atoms with Gasteiger partial charge in [0.2, 0.25) is 0 Å². The molecule has 0 amide bonds. The van der Waals surface area contributed by atoms with Gasteiger partial charge in [0.1, 0.15) is 5.75 Å². The van der Waals surface area contributed by atoms with Crippen LogP contribution in [0.25, 0.3) is 10.9 Å². The fraction of sp³-hybridized carbons (Fsp3) is 0.222. The Balaban J connectivity index is 2.11. The first kappa shape index (κ1) is 13.7. The van der Waals surface area contributed by atoms with Crippen LogP contribution in [-0.4, -0.2) is 23.8 Å². The molecule has 0 aliphatic carbocycles. The number of fused-ring (bicyclic) bond motifs is 1.